The van der Waals surface area contributed by atoms with E-state index >= 15 is 0 Å². The highest BCUT2D eigenvalue weighted by Crippen LogP contribution is 2.10. The molecule has 1 aromatic rings. The first-order chi connectivity index (χ1) is 9.19. The van der Waals surface area contributed by atoms with Gasteiger partial charge in [0.25, 0.3) is 5.91 Å². The molecule has 0 heterocycles. The van der Waals surface area contributed by atoms with Crippen LogP contribution in [0.25, 0.3) is 0 Å². The molecule has 0 aliphatic carbocycles. The Morgan fingerprint density at radius 2 is 2.32 bits per heavy atom. The fourth-order valence-electron chi connectivity index (χ4n) is 1.47. The summed E-state index contributed by atoms with van der Waals surface area (Å²) >= 11 is 0. The molecule has 1 aromatic carbocycles. The molecule has 1 amide bonds. The van der Waals surface area contributed by atoms with Crippen LogP contribution in [0.4, 0.5) is 4.39 Å². The van der Waals surface area contributed by atoms with Crippen molar-refractivity contribution in [3.05, 3.63) is 35.1 Å². The molecule has 0 aliphatic rings. The van der Waals surface area contributed by atoms with Crippen LogP contribution >= 0.6 is 0 Å². The van der Waals surface area contributed by atoms with Crippen LogP contribution in [0, 0.1) is 17.7 Å². The van der Waals surface area contributed by atoms with Crippen LogP contribution in [0.1, 0.15) is 22.3 Å². The first-order valence-corrected chi connectivity index (χ1v) is 5.94. The van der Waals surface area contributed by atoms with E-state index in [2.05, 4.69) is 17.2 Å². The normalized spacial score (nSPS) is 9.63. The zero-order valence-corrected chi connectivity index (χ0v) is 10.8. The SMILES string of the molecule is COCCCNC(=O)c1cc(F)ccc1C#CCN. The summed E-state index contributed by atoms with van der Waals surface area (Å²) in [5.74, 6) is 4.58. The molecule has 4 nitrogen and oxygen atoms in total. The number of nitrogens with two attached hydrogens (primary N) is 1. The largest absolute Gasteiger partial charge is 0.385 e. The number of hydrogen-bond donors (Lipinski definition) is 2. The van der Waals surface area contributed by atoms with Gasteiger partial charge in [-0.1, -0.05) is 11.8 Å². The average molecular weight is 264 g/mol. The monoisotopic (exact) mass is 264 g/mol. The molecule has 3 N–H and O–H groups in total. The third-order valence-electron chi connectivity index (χ3n) is 2.36. The molecule has 1 rings (SSSR count). The summed E-state index contributed by atoms with van der Waals surface area (Å²) in [5, 5.41) is 2.69. The summed E-state index contributed by atoms with van der Waals surface area (Å²) in [6.07, 6.45) is 0.696. The van der Waals surface area contributed by atoms with Crippen LogP contribution in [0.2, 0.25) is 0 Å². The maximum absolute atomic E-state index is 13.2. The van der Waals surface area contributed by atoms with Crippen molar-refractivity contribution >= 4 is 5.91 Å². The van der Waals surface area contributed by atoms with E-state index in [9.17, 15) is 9.18 Å². The van der Waals surface area contributed by atoms with Gasteiger partial charge in [0.15, 0.2) is 0 Å². The lowest BCUT2D eigenvalue weighted by molar-refractivity contribution is 0.0948. The molecule has 0 fully saturated rings. The van der Waals surface area contributed by atoms with Crippen LogP contribution in [-0.2, 0) is 4.74 Å². The molecular formula is C14H17FN2O2. The van der Waals surface area contributed by atoms with Gasteiger partial charge in [0.05, 0.1) is 12.1 Å². The molecule has 0 aromatic heterocycles. The van der Waals surface area contributed by atoms with Crippen molar-refractivity contribution in [3.8, 4) is 11.8 Å². The summed E-state index contributed by atoms with van der Waals surface area (Å²) in [5.41, 5.74) is 5.97. The van der Waals surface area contributed by atoms with Gasteiger partial charge in [0.2, 0.25) is 0 Å². The molecule has 102 valence electrons. The van der Waals surface area contributed by atoms with Gasteiger partial charge in [-0.15, -0.1) is 0 Å². The fourth-order valence-corrected chi connectivity index (χ4v) is 1.47. The summed E-state index contributed by atoms with van der Waals surface area (Å²) in [6.45, 7) is 1.21. The number of halogens is 1. The average Bonchev–Trinajstić information content (AvgIpc) is 2.42. The molecule has 0 radical (unpaired) electrons. The second kappa shape index (κ2) is 8.25. The van der Waals surface area contributed by atoms with Crippen molar-refractivity contribution in [2.24, 2.45) is 5.73 Å². The Balaban J connectivity index is 2.79. The first-order valence-electron chi connectivity index (χ1n) is 5.94. The Morgan fingerprint density at radius 1 is 1.53 bits per heavy atom. The van der Waals surface area contributed by atoms with E-state index < -0.39 is 5.82 Å². The summed E-state index contributed by atoms with van der Waals surface area (Å²) in [4.78, 5) is 11.9. The molecule has 5 heteroatoms. The Morgan fingerprint density at radius 3 is 3.00 bits per heavy atom. The minimum atomic E-state index is -0.472. The standard InChI is InChI=1S/C14H17FN2O2/c1-19-9-3-8-17-14(18)13-10-12(15)6-5-11(13)4-2-7-16/h5-6,10H,3,7-9,16H2,1H3,(H,17,18). The number of hydrogen-bond acceptors (Lipinski definition) is 3. The molecule has 0 spiro atoms. The Kier molecular flexibility index (Phi) is 6.58. The number of carbonyl (C=O) groups excluding carboxylic acids is 1. The van der Waals surface area contributed by atoms with Gasteiger partial charge in [-0.2, -0.15) is 0 Å². The van der Waals surface area contributed by atoms with E-state index in [1.165, 1.54) is 18.2 Å². The lowest BCUT2D eigenvalue weighted by Crippen LogP contribution is -2.26. The Hall–Kier alpha value is -1.90. The lowest BCUT2D eigenvalue weighted by Gasteiger charge is -2.07. The van der Waals surface area contributed by atoms with Crippen molar-refractivity contribution in [1.82, 2.24) is 5.32 Å². The minimum Gasteiger partial charge on any atom is -0.385 e. The molecule has 0 bridgehead atoms. The molecular weight excluding hydrogens is 247 g/mol. The molecule has 19 heavy (non-hydrogen) atoms. The topological polar surface area (TPSA) is 64.3 Å². The Bertz CT molecular complexity index is 492. The molecule has 0 saturated heterocycles. The van der Waals surface area contributed by atoms with E-state index in [1.807, 2.05) is 0 Å². The molecule has 0 aliphatic heterocycles. The van der Waals surface area contributed by atoms with Crippen LogP contribution in [0.15, 0.2) is 18.2 Å². The van der Waals surface area contributed by atoms with E-state index in [0.717, 1.165) is 0 Å². The third kappa shape index (κ3) is 5.08. The zero-order chi connectivity index (χ0) is 14.1. The first kappa shape index (κ1) is 15.2. The minimum absolute atomic E-state index is 0.187. The van der Waals surface area contributed by atoms with Crippen molar-refractivity contribution in [2.75, 3.05) is 26.8 Å². The second-order valence-electron chi connectivity index (χ2n) is 3.80. The number of methoxy groups -OCH3 is 1. The highest BCUT2D eigenvalue weighted by molar-refractivity contribution is 5.96. The number of ether oxygens (including phenoxy) is 1. The Labute approximate surface area is 112 Å². The smallest absolute Gasteiger partial charge is 0.252 e. The van der Waals surface area contributed by atoms with Gasteiger partial charge in [0.1, 0.15) is 5.82 Å². The van der Waals surface area contributed by atoms with Crippen LogP contribution in [-0.4, -0.2) is 32.7 Å². The molecule has 0 unspecified atom stereocenters. The van der Waals surface area contributed by atoms with Crippen LogP contribution in [0.5, 0.6) is 0 Å². The number of nitrogens with one attached hydrogen (secondary N) is 1. The summed E-state index contributed by atoms with van der Waals surface area (Å²) in [7, 11) is 1.59. The second-order valence-corrected chi connectivity index (χ2v) is 3.80. The quantitative estimate of drug-likeness (QED) is 0.613. The lowest BCUT2D eigenvalue weighted by atomic mass is 10.1. The van der Waals surface area contributed by atoms with Crippen LogP contribution in [0.3, 0.4) is 0 Å². The maximum atomic E-state index is 13.2. The van der Waals surface area contributed by atoms with E-state index in [4.69, 9.17) is 10.5 Å². The number of amides is 1. The van der Waals surface area contributed by atoms with Gasteiger partial charge in [-0.05, 0) is 24.6 Å². The zero-order valence-electron chi connectivity index (χ0n) is 10.8. The number of benzene rings is 1. The van der Waals surface area contributed by atoms with Crippen LogP contribution < -0.4 is 11.1 Å². The van der Waals surface area contributed by atoms with Gasteiger partial charge >= 0.3 is 0 Å². The van der Waals surface area contributed by atoms with E-state index in [1.54, 1.807) is 7.11 Å². The predicted octanol–water partition coefficient (Wildman–Crippen LogP) is 0.902. The highest BCUT2D eigenvalue weighted by Gasteiger charge is 2.10. The van der Waals surface area contributed by atoms with Gasteiger partial charge in [-0.3, -0.25) is 4.79 Å². The maximum Gasteiger partial charge on any atom is 0.252 e. The molecule has 0 saturated carbocycles. The summed E-state index contributed by atoms with van der Waals surface area (Å²) in [6, 6.07) is 3.91. The van der Waals surface area contributed by atoms with Crippen molar-refractivity contribution < 1.29 is 13.9 Å². The fraction of sp³-hybridized carbons (Fsp3) is 0.357. The highest BCUT2D eigenvalue weighted by atomic mass is 19.1. The van der Waals surface area contributed by atoms with E-state index in [-0.39, 0.29) is 18.0 Å². The summed E-state index contributed by atoms with van der Waals surface area (Å²) < 4.78 is 18.1. The van der Waals surface area contributed by atoms with E-state index in [0.29, 0.717) is 25.1 Å². The van der Waals surface area contributed by atoms with Crippen molar-refractivity contribution in [2.45, 2.75) is 6.42 Å². The van der Waals surface area contributed by atoms with Crippen molar-refractivity contribution in [3.63, 3.8) is 0 Å². The van der Waals surface area contributed by atoms with Crippen molar-refractivity contribution in [1.29, 1.82) is 0 Å². The number of rotatable bonds is 5. The number of carbonyl (C=O) groups is 1. The van der Waals surface area contributed by atoms with Gasteiger partial charge in [0, 0.05) is 25.8 Å². The van der Waals surface area contributed by atoms with Gasteiger partial charge in [-0.25, -0.2) is 4.39 Å². The predicted molar refractivity (Wildman–Crippen MR) is 71.2 cm³/mol. The third-order valence-corrected chi connectivity index (χ3v) is 2.36. The van der Waals surface area contributed by atoms with Gasteiger partial charge < -0.3 is 15.8 Å². The molecule has 0 atom stereocenters.